The Labute approximate surface area is 201 Å². The molecule has 0 bridgehead atoms. The number of halogens is 4. The van der Waals surface area contributed by atoms with Gasteiger partial charge in [-0.25, -0.2) is 9.37 Å². The first-order valence-corrected chi connectivity index (χ1v) is 11.8. The van der Waals surface area contributed by atoms with Crippen molar-refractivity contribution < 1.29 is 41.4 Å². The summed E-state index contributed by atoms with van der Waals surface area (Å²) in [6.07, 6.45) is -4.99. The van der Waals surface area contributed by atoms with Crippen LogP contribution in [0, 0.1) is 5.82 Å². The highest BCUT2D eigenvalue weighted by atomic mass is 31.2. The van der Waals surface area contributed by atoms with Crippen LogP contribution in [0.1, 0.15) is 21.5 Å². The number of benzene rings is 2. The first-order chi connectivity index (χ1) is 16.8. The molecule has 0 atom stereocenters. The van der Waals surface area contributed by atoms with Gasteiger partial charge in [-0.05, 0) is 29.8 Å². The SMILES string of the molecule is CNC(=O)c1cccc(F)c1Nc1nc(Nc2ccc(CP(=O)(O)O)cc2OC)ncc1C(F)(F)F. The maximum absolute atomic E-state index is 14.5. The van der Waals surface area contributed by atoms with Crippen LogP contribution in [0.3, 0.4) is 0 Å². The van der Waals surface area contributed by atoms with Crippen LogP contribution in [0.5, 0.6) is 5.75 Å². The Morgan fingerprint density at radius 3 is 2.50 bits per heavy atom. The summed E-state index contributed by atoms with van der Waals surface area (Å²) in [7, 11) is -1.79. The Morgan fingerprint density at radius 2 is 1.89 bits per heavy atom. The lowest BCUT2D eigenvalue weighted by Crippen LogP contribution is -2.20. The normalized spacial score (nSPS) is 11.7. The zero-order valence-corrected chi connectivity index (χ0v) is 19.6. The number of hydrogen-bond donors (Lipinski definition) is 5. The monoisotopic (exact) mass is 529 g/mol. The van der Waals surface area contributed by atoms with Crippen molar-refractivity contribution in [3.05, 3.63) is 65.1 Å². The minimum Gasteiger partial charge on any atom is -0.495 e. The number of anilines is 4. The lowest BCUT2D eigenvalue weighted by Gasteiger charge is -2.17. The molecule has 1 heterocycles. The Hall–Kier alpha value is -3.74. The molecule has 0 aliphatic carbocycles. The van der Waals surface area contributed by atoms with E-state index in [2.05, 4.69) is 25.9 Å². The number of amides is 1. The lowest BCUT2D eigenvalue weighted by atomic mass is 10.1. The average molecular weight is 529 g/mol. The van der Waals surface area contributed by atoms with Gasteiger partial charge in [-0.1, -0.05) is 12.1 Å². The third-order valence-electron chi connectivity index (χ3n) is 4.72. The molecule has 192 valence electrons. The molecule has 2 aromatic carbocycles. The fourth-order valence-corrected chi connectivity index (χ4v) is 3.81. The quantitative estimate of drug-likeness (QED) is 0.214. The second-order valence-electron chi connectivity index (χ2n) is 7.30. The average Bonchev–Trinajstić information content (AvgIpc) is 2.79. The topological polar surface area (TPSA) is 146 Å². The van der Waals surface area contributed by atoms with Crippen LogP contribution in [-0.4, -0.2) is 39.8 Å². The van der Waals surface area contributed by atoms with Crippen LogP contribution < -0.4 is 20.7 Å². The third kappa shape index (κ3) is 6.47. The maximum atomic E-state index is 14.5. The Balaban J connectivity index is 2.03. The number of nitrogens with one attached hydrogen (secondary N) is 3. The molecule has 10 nitrogen and oxygen atoms in total. The van der Waals surface area contributed by atoms with Gasteiger partial charge < -0.3 is 30.5 Å². The zero-order valence-electron chi connectivity index (χ0n) is 18.7. The highest BCUT2D eigenvalue weighted by molar-refractivity contribution is 7.50. The summed E-state index contributed by atoms with van der Waals surface area (Å²) in [6, 6.07) is 7.50. The molecule has 15 heteroatoms. The summed E-state index contributed by atoms with van der Waals surface area (Å²) >= 11 is 0. The van der Waals surface area contributed by atoms with Gasteiger partial charge in [0.2, 0.25) is 5.95 Å². The van der Waals surface area contributed by atoms with Gasteiger partial charge in [-0.3, -0.25) is 9.36 Å². The number of rotatable bonds is 8. The molecular weight excluding hydrogens is 509 g/mol. The van der Waals surface area contributed by atoms with Gasteiger partial charge in [0, 0.05) is 13.2 Å². The van der Waals surface area contributed by atoms with E-state index < -0.39 is 48.7 Å². The maximum Gasteiger partial charge on any atom is 0.421 e. The number of methoxy groups -OCH3 is 1. The van der Waals surface area contributed by atoms with E-state index in [9.17, 15) is 26.9 Å². The number of para-hydroxylation sites is 1. The molecule has 5 N–H and O–H groups in total. The minimum atomic E-state index is -4.92. The summed E-state index contributed by atoms with van der Waals surface area (Å²) < 4.78 is 71.9. The number of carbonyl (C=O) groups excluding carboxylic acids is 1. The first-order valence-electron chi connectivity index (χ1n) is 10.0. The van der Waals surface area contributed by atoms with E-state index in [0.717, 1.165) is 6.07 Å². The molecule has 0 spiro atoms. The Kier molecular flexibility index (Phi) is 7.82. The van der Waals surface area contributed by atoms with Crippen molar-refractivity contribution in [2.75, 3.05) is 24.8 Å². The van der Waals surface area contributed by atoms with Crippen LogP contribution in [-0.2, 0) is 16.9 Å². The summed E-state index contributed by atoms with van der Waals surface area (Å²) in [5.74, 6) is -2.79. The minimum absolute atomic E-state index is 0.106. The summed E-state index contributed by atoms with van der Waals surface area (Å²) in [4.78, 5) is 37.9. The van der Waals surface area contributed by atoms with Crippen molar-refractivity contribution >= 4 is 36.6 Å². The number of nitrogens with zero attached hydrogens (tertiary/aromatic N) is 2. The van der Waals surface area contributed by atoms with Gasteiger partial charge in [0.25, 0.3) is 5.91 Å². The van der Waals surface area contributed by atoms with E-state index in [4.69, 9.17) is 14.5 Å². The van der Waals surface area contributed by atoms with Gasteiger partial charge in [-0.15, -0.1) is 0 Å². The molecular formula is C21H20F4N5O5P. The van der Waals surface area contributed by atoms with Gasteiger partial charge in [0.15, 0.2) is 0 Å². The number of hydrogen-bond acceptors (Lipinski definition) is 7. The second kappa shape index (κ2) is 10.5. The van der Waals surface area contributed by atoms with Crippen LogP contribution in [0.15, 0.2) is 42.6 Å². The summed E-state index contributed by atoms with van der Waals surface area (Å²) in [6.45, 7) is 0. The number of ether oxygens (including phenoxy) is 1. The van der Waals surface area contributed by atoms with E-state index in [1.165, 1.54) is 44.5 Å². The van der Waals surface area contributed by atoms with Crippen LogP contribution >= 0.6 is 7.60 Å². The van der Waals surface area contributed by atoms with Crippen molar-refractivity contribution in [3.8, 4) is 5.75 Å². The Bertz CT molecular complexity index is 1330. The van der Waals surface area contributed by atoms with Crippen LogP contribution in [0.2, 0.25) is 0 Å². The molecule has 3 rings (SSSR count). The molecule has 0 aliphatic heterocycles. The summed E-state index contributed by atoms with van der Waals surface area (Å²) in [5.41, 5.74) is -1.66. The largest absolute Gasteiger partial charge is 0.495 e. The molecule has 1 amide bonds. The van der Waals surface area contributed by atoms with Gasteiger partial charge in [-0.2, -0.15) is 18.2 Å². The molecule has 1 aromatic heterocycles. The summed E-state index contributed by atoms with van der Waals surface area (Å²) in [5, 5.41) is 7.19. The third-order valence-corrected chi connectivity index (χ3v) is 5.50. The predicted molar refractivity (Wildman–Crippen MR) is 122 cm³/mol. The number of aromatic nitrogens is 2. The molecule has 3 aromatic rings. The number of carbonyl (C=O) groups is 1. The standard InChI is InChI=1S/C21H20F4N5O5P/c1-26-19(31)12-4-3-5-14(22)17(12)29-18-13(21(23,24)25)9-27-20(30-18)28-15-7-6-11(8-16(15)35-2)10-36(32,33)34/h3-9H,10H2,1-2H3,(H,26,31)(H2,32,33,34)(H2,27,28,29,30). The van der Waals surface area contributed by atoms with Gasteiger partial charge in [0.1, 0.15) is 22.9 Å². The van der Waals surface area contributed by atoms with Gasteiger partial charge in [0.05, 0.1) is 30.2 Å². The van der Waals surface area contributed by atoms with Crippen molar-refractivity contribution in [1.82, 2.24) is 15.3 Å². The van der Waals surface area contributed by atoms with E-state index in [1.807, 2.05) is 0 Å². The first kappa shape index (κ1) is 26.9. The molecule has 0 fully saturated rings. The predicted octanol–water partition coefficient (Wildman–Crippen LogP) is 4.17. The van der Waals surface area contributed by atoms with E-state index in [0.29, 0.717) is 6.20 Å². The van der Waals surface area contributed by atoms with Gasteiger partial charge >= 0.3 is 13.8 Å². The van der Waals surface area contributed by atoms with Crippen LogP contribution in [0.25, 0.3) is 0 Å². The van der Waals surface area contributed by atoms with Crippen molar-refractivity contribution in [2.45, 2.75) is 12.3 Å². The highest BCUT2D eigenvalue weighted by Crippen LogP contribution is 2.41. The molecule has 0 saturated heterocycles. The van der Waals surface area contributed by atoms with Crippen LogP contribution in [0.4, 0.5) is 40.7 Å². The highest BCUT2D eigenvalue weighted by Gasteiger charge is 2.36. The number of alkyl halides is 3. The van der Waals surface area contributed by atoms with E-state index in [-0.39, 0.29) is 28.5 Å². The fourth-order valence-electron chi connectivity index (χ4n) is 3.13. The van der Waals surface area contributed by atoms with Crippen molar-refractivity contribution in [3.63, 3.8) is 0 Å². The molecule has 0 aliphatic rings. The van der Waals surface area contributed by atoms with Crippen molar-refractivity contribution in [2.24, 2.45) is 0 Å². The molecule has 0 unspecified atom stereocenters. The molecule has 0 saturated carbocycles. The zero-order chi connectivity index (χ0) is 26.7. The molecule has 36 heavy (non-hydrogen) atoms. The smallest absolute Gasteiger partial charge is 0.421 e. The second-order valence-corrected chi connectivity index (χ2v) is 8.95. The van der Waals surface area contributed by atoms with Crippen molar-refractivity contribution in [1.29, 1.82) is 0 Å². The fraction of sp³-hybridized carbons (Fsp3) is 0.190. The lowest BCUT2D eigenvalue weighted by molar-refractivity contribution is -0.137. The molecule has 0 radical (unpaired) electrons. The van der Waals surface area contributed by atoms with E-state index >= 15 is 0 Å². The van der Waals surface area contributed by atoms with E-state index in [1.54, 1.807) is 0 Å². The Morgan fingerprint density at radius 1 is 1.17 bits per heavy atom.